The molecule has 116 valence electrons. The Bertz CT molecular complexity index is 704. The molecule has 3 heterocycles. The maximum Gasteiger partial charge on any atom is 0.263 e. The number of thiophene rings is 1. The number of ketones is 1. The number of Topliss-reactive ketones (excluding diaryl/α,β-unsaturated/α-hetero) is 1. The van der Waals surface area contributed by atoms with E-state index in [-0.39, 0.29) is 17.6 Å². The third-order valence-electron chi connectivity index (χ3n) is 4.10. The molecule has 1 atom stereocenters. The van der Waals surface area contributed by atoms with Crippen molar-refractivity contribution in [1.29, 1.82) is 0 Å². The number of amides is 1. The SMILES string of the molecule is CC(=O)c1ccc(C(=O)N2CCC[C@H](c3nccn3C)C2)s1. The lowest BCUT2D eigenvalue weighted by atomic mass is 9.97. The summed E-state index contributed by atoms with van der Waals surface area (Å²) in [5.41, 5.74) is 0. The van der Waals surface area contributed by atoms with Crippen molar-refractivity contribution in [2.75, 3.05) is 13.1 Å². The highest BCUT2D eigenvalue weighted by Gasteiger charge is 2.28. The van der Waals surface area contributed by atoms with E-state index in [4.69, 9.17) is 0 Å². The summed E-state index contributed by atoms with van der Waals surface area (Å²) in [5.74, 6) is 1.35. The average Bonchev–Trinajstić information content (AvgIpc) is 3.15. The van der Waals surface area contributed by atoms with Crippen LogP contribution in [0, 0.1) is 0 Å². The number of nitrogens with zero attached hydrogens (tertiary/aromatic N) is 3. The van der Waals surface area contributed by atoms with E-state index in [0.29, 0.717) is 16.3 Å². The number of carbonyl (C=O) groups is 2. The number of imidazole rings is 1. The van der Waals surface area contributed by atoms with Crippen molar-refractivity contribution in [3.8, 4) is 0 Å². The summed E-state index contributed by atoms with van der Waals surface area (Å²) in [7, 11) is 1.99. The quantitative estimate of drug-likeness (QED) is 0.818. The van der Waals surface area contributed by atoms with Crippen LogP contribution in [0.1, 0.15) is 50.9 Å². The van der Waals surface area contributed by atoms with Gasteiger partial charge in [0.1, 0.15) is 5.82 Å². The zero-order chi connectivity index (χ0) is 15.7. The fraction of sp³-hybridized carbons (Fsp3) is 0.438. The smallest absolute Gasteiger partial charge is 0.263 e. The fourth-order valence-electron chi connectivity index (χ4n) is 2.94. The molecule has 0 aliphatic carbocycles. The van der Waals surface area contributed by atoms with Crippen LogP contribution in [0.25, 0.3) is 0 Å². The number of likely N-dealkylation sites (tertiary alicyclic amines) is 1. The van der Waals surface area contributed by atoms with E-state index >= 15 is 0 Å². The molecule has 1 fully saturated rings. The molecular weight excluding hydrogens is 298 g/mol. The Morgan fingerprint density at radius 3 is 2.73 bits per heavy atom. The molecule has 0 radical (unpaired) electrons. The third kappa shape index (κ3) is 2.83. The molecule has 2 aromatic rings. The second-order valence-electron chi connectivity index (χ2n) is 5.71. The van der Waals surface area contributed by atoms with Gasteiger partial charge in [0.15, 0.2) is 5.78 Å². The maximum absolute atomic E-state index is 12.6. The Morgan fingerprint density at radius 1 is 1.32 bits per heavy atom. The molecular formula is C16H19N3O2S. The number of carbonyl (C=O) groups excluding carboxylic acids is 2. The number of rotatable bonds is 3. The van der Waals surface area contributed by atoms with Crippen molar-refractivity contribution >= 4 is 23.0 Å². The second kappa shape index (κ2) is 6.04. The van der Waals surface area contributed by atoms with Crippen LogP contribution in [-0.2, 0) is 7.05 Å². The number of hydrogen-bond donors (Lipinski definition) is 0. The van der Waals surface area contributed by atoms with Gasteiger partial charge in [-0.2, -0.15) is 0 Å². The van der Waals surface area contributed by atoms with Crippen molar-refractivity contribution in [3.05, 3.63) is 40.1 Å². The lowest BCUT2D eigenvalue weighted by Gasteiger charge is -2.32. The summed E-state index contributed by atoms with van der Waals surface area (Å²) in [6, 6.07) is 3.49. The van der Waals surface area contributed by atoms with Gasteiger partial charge in [-0.05, 0) is 31.9 Å². The van der Waals surface area contributed by atoms with E-state index < -0.39 is 0 Å². The van der Waals surface area contributed by atoms with E-state index in [0.717, 1.165) is 25.2 Å². The van der Waals surface area contributed by atoms with Gasteiger partial charge in [0.2, 0.25) is 0 Å². The van der Waals surface area contributed by atoms with Crippen LogP contribution in [0.15, 0.2) is 24.5 Å². The molecule has 1 amide bonds. The maximum atomic E-state index is 12.6. The Balaban J connectivity index is 1.75. The highest BCUT2D eigenvalue weighted by atomic mass is 32.1. The molecule has 0 bridgehead atoms. The van der Waals surface area contributed by atoms with E-state index in [1.54, 1.807) is 18.3 Å². The van der Waals surface area contributed by atoms with E-state index in [2.05, 4.69) is 4.98 Å². The fourth-order valence-corrected chi connectivity index (χ4v) is 3.81. The lowest BCUT2D eigenvalue weighted by molar-refractivity contribution is 0.0708. The van der Waals surface area contributed by atoms with Crippen molar-refractivity contribution < 1.29 is 9.59 Å². The third-order valence-corrected chi connectivity index (χ3v) is 5.27. The largest absolute Gasteiger partial charge is 0.338 e. The Hall–Kier alpha value is -1.95. The van der Waals surface area contributed by atoms with Gasteiger partial charge in [0.25, 0.3) is 5.91 Å². The van der Waals surface area contributed by atoms with Crippen molar-refractivity contribution in [3.63, 3.8) is 0 Å². The first-order valence-electron chi connectivity index (χ1n) is 7.43. The molecule has 1 aliphatic rings. The predicted molar refractivity (Wildman–Crippen MR) is 85.4 cm³/mol. The molecule has 0 aromatic carbocycles. The summed E-state index contributed by atoms with van der Waals surface area (Å²) in [6.07, 6.45) is 5.77. The van der Waals surface area contributed by atoms with Gasteiger partial charge in [-0.3, -0.25) is 9.59 Å². The normalized spacial score (nSPS) is 18.5. The molecule has 2 aromatic heterocycles. The number of aryl methyl sites for hydroxylation is 1. The topological polar surface area (TPSA) is 55.2 Å². The minimum atomic E-state index is 0.00795. The van der Waals surface area contributed by atoms with Crippen LogP contribution in [0.3, 0.4) is 0 Å². The molecule has 0 unspecified atom stereocenters. The Labute approximate surface area is 133 Å². The van der Waals surface area contributed by atoms with Crippen LogP contribution in [0.4, 0.5) is 0 Å². The number of piperidine rings is 1. The molecule has 3 rings (SSSR count). The molecule has 0 spiro atoms. The molecule has 1 saturated heterocycles. The molecule has 0 saturated carbocycles. The van der Waals surface area contributed by atoms with Crippen LogP contribution in [-0.4, -0.2) is 39.2 Å². The van der Waals surface area contributed by atoms with Crippen molar-refractivity contribution in [1.82, 2.24) is 14.5 Å². The van der Waals surface area contributed by atoms with Crippen LogP contribution >= 0.6 is 11.3 Å². The first-order chi connectivity index (χ1) is 10.6. The number of hydrogen-bond acceptors (Lipinski definition) is 4. The molecule has 22 heavy (non-hydrogen) atoms. The van der Waals surface area contributed by atoms with E-state index in [1.165, 1.54) is 18.3 Å². The summed E-state index contributed by atoms with van der Waals surface area (Å²) < 4.78 is 2.03. The van der Waals surface area contributed by atoms with Gasteiger partial charge >= 0.3 is 0 Å². The zero-order valence-corrected chi connectivity index (χ0v) is 13.6. The van der Waals surface area contributed by atoms with Crippen LogP contribution < -0.4 is 0 Å². The predicted octanol–water partition coefficient (Wildman–Crippen LogP) is 2.70. The first kappa shape index (κ1) is 15.0. The highest BCUT2D eigenvalue weighted by molar-refractivity contribution is 7.15. The van der Waals surface area contributed by atoms with Gasteiger partial charge in [-0.1, -0.05) is 0 Å². The van der Waals surface area contributed by atoms with Crippen LogP contribution in [0.2, 0.25) is 0 Å². The molecule has 6 heteroatoms. The van der Waals surface area contributed by atoms with E-state index in [9.17, 15) is 9.59 Å². The van der Waals surface area contributed by atoms with Crippen LogP contribution in [0.5, 0.6) is 0 Å². The molecule has 1 aliphatic heterocycles. The van der Waals surface area contributed by atoms with Crippen molar-refractivity contribution in [2.24, 2.45) is 7.05 Å². The van der Waals surface area contributed by atoms with E-state index in [1.807, 2.05) is 22.7 Å². The molecule has 5 nitrogen and oxygen atoms in total. The van der Waals surface area contributed by atoms with Gasteiger partial charge in [0, 0.05) is 38.4 Å². The lowest BCUT2D eigenvalue weighted by Crippen LogP contribution is -2.39. The first-order valence-corrected chi connectivity index (χ1v) is 8.25. The highest BCUT2D eigenvalue weighted by Crippen LogP contribution is 2.27. The summed E-state index contributed by atoms with van der Waals surface area (Å²) >= 11 is 1.28. The minimum Gasteiger partial charge on any atom is -0.338 e. The Morgan fingerprint density at radius 2 is 2.09 bits per heavy atom. The second-order valence-corrected chi connectivity index (χ2v) is 6.79. The summed E-state index contributed by atoms with van der Waals surface area (Å²) in [6.45, 7) is 2.99. The summed E-state index contributed by atoms with van der Waals surface area (Å²) in [4.78, 5) is 31.6. The van der Waals surface area contributed by atoms with Gasteiger partial charge in [0.05, 0.1) is 9.75 Å². The zero-order valence-electron chi connectivity index (χ0n) is 12.8. The van der Waals surface area contributed by atoms with Crippen molar-refractivity contribution in [2.45, 2.75) is 25.7 Å². The standard InChI is InChI=1S/C16H19N3O2S/c1-11(20)13-5-6-14(22-13)16(21)19-8-3-4-12(10-19)15-17-7-9-18(15)2/h5-7,9,12H,3-4,8,10H2,1-2H3/t12-/m0/s1. The molecule has 0 N–H and O–H groups in total. The van der Waals surface area contributed by atoms with Gasteiger partial charge in [-0.15, -0.1) is 11.3 Å². The van der Waals surface area contributed by atoms with Gasteiger partial charge in [-0.25, -0.2) is 4.98 Å². The van der Waals surface area contributed by atoms with Gasteiger partial charge < -0.3 is 9.47 Å². The monoisotopic (exact) mass is 317 g/mol. The summed E-state index contributed by atoms with van der Waals surface area (Å²) in [5, 5.41) is 0. The Kier molecular flexibility index (Phi) is 4.11. The number of aromatic nitrogens is 2. The average molecular weight is 317 g/mol. The minimum absolute atomic E-state index is 0.00795.